The SMILES string of the molecule is COc1ccccc1[C@@H](C)NC(=O)CSc1nc(C2CC2)nc(C)c1C(C)=O. The molecule has 2 aromatic rings. The van der Waals surface area contributed by atoms with Crippen molar-refractivity contribution in [1.29, 1.82) is 0 Å². The number of nitrogens with one attached hydrogen (secondary N) is 1. The van der Waals surface area contributed by atoms with Crippen molar-refractivity contribution < 1.29 is 14.3 Å². The second-order valence-corrected chi connectivity index (χ2v) is 7.96. The third-order valence-corrected chi connectivity index (χ3v) is 5.67. The lowest BCUT2D eigenvalue weighted by Crippen LogP contribution is -2.28. The van der Waals surface area contributed by atoms with Gasteiger partial charge in [0.25, 0.3) is 0 Å². The average Bonchev–Trinajstić information content (AvgIpc) is 3.50. The zero-order valence-corrected chi connectivity index (χ0v) is 17.4. The molecule has 1 N–H and O–H groups in total. The molecule has 1 aromatic heterocycles. The quantitative estimate of drug-likeness (QED) is 0.413. The molecule has 1 aliphatic carbocycles. The van der Waals surface area contributed by atoms with E-state index in [1.807, 2.05) is 38.1 Å². The summed E-state index contributed by atoms with van der Waals surface area (Å²) in [5.41, 5.74) is 2.12. The van der Waals surface area contributed by atoms with E-state index >= 15 is 0 Å². The zero-order chi connectivity index (χ0) is 20.3. The molecule has 1 aliphatic rings. The minimum absolute atomic E-state index is 0.0786. The number of methoxy groups -OCH3 is 1. The first-order valence-corrected chi connectivity index (χ1v) is 10.3. The second kappa shape index (κ2) is 8.73. The topological polar surface area (TPSA) is 81.2 Å². The Labute approximate surface area is 169 Å². The monoisotopic (exact) mass is 399 g/mol. The highest BCUT2D eigenvalue weighted by molar-refractivity contribution is 8.00. The number of carbonyl (C=O) groups excluding carboxylic acids is 2. The van der Waals surface area contributed by atoms with Crippen LogP contribution in [0.25, 0.3) is 0 Å². The molecule has 148 valence electrons. The van der Waals surface area contributed by atoms with Gasteiger partial charge in [0.05, 0.1) is 30.2 Å². The maximum atomic E-state index is 12.5. The minimum Gasteiger partial charge on any atom is -0.496 e. The number of amides is 1. The van der Waals surface area contributed by atoms with Crippen molar-refractivity contribution in [2.75, 3.05) is 12.9 Å². The fraction of sp³-hybridized carbons (Fsp3) is 0.429. The van der Waals surface area contributed by atoms with Crippen LogP contribution < -0.4 is 10.1 Å². The average molecular weight is 400 g/mol. The first-order chi connectivity index (χ1) is 13.4. The lowest BCUT2D eigenvalue weighted by atomic mass is 10.1. The first kappa shape index (κ1) is 20.3. The number of aryl methyl sites for hydroxylation is 1. The molecule has 0 saturated heterocycles. The van der Waals surface area contributed by atoms with E-state index < -0.39 is 0 Å². The Morgan fingerprint density at radius 3 is 2.64 bits per heavy atom. The molecule has 0 radical (unpaired) electrons. The highest BCUT2D eigenvalue weighted by atomic mass is 32.2. The van der Waals surface area contributed by atoms with Gasteiger partial charge >= 0.3 is 0 Å². The number of ketones is 1. The molecule has 1 fully saturated rings. The van der Waals surface area contributed by atoms with E-state index in [2.05, 4.69) is 15.3 Å². The zero-order valence-electron chi connectivity index (χ0n) is 16.6. The number of carbonyl (C=O) groups is 2. The molecule has 1 heterocycles. The number of hydrogen-bond donors (Lipinski definition) is 1. The standard InChI is InChI=1S/C21H25N3O3S/c1-12(16-7-5-6-8-17(16)27-4)22-18(26)11-28-21-19(14(3)25)13(2)23-20(24-21)15-9-10-15/h5-8,12,15H,9-11H2,1-4H3,(H,22,26)/t12-/m1/s1. The molecular formula is C21H25N3O3S. The van der Waals surface area contributed by atoms with Gasteiger partial charge in [-0.3, -0.25) is 9.59 Å². The van der Waals surface area contributed by atoms with E-state index in [4.69, 9.17) is 4.74 Å². The van der Waals surface area contributed by atoms with Gasteiger partial charge in [-0.2, -0.15) is 0 Å². The van der Waals surface area contributed by atoms with Gasteiger partial charge in [-0.05, 0) is 39.7 Å². The summed E-state index contributed by atoms with van der Waals surface area (Å²) in [6, 6.07) is 7.42. The molecule has 1 amide bonds. The van der Waals surface area contributed by atoms with Crippen LogP contribution in [-0.4, -0.2) is 34.5 Å². The molecule has 28 heavy (non-hydrogen) atoms. The lowest BCUT2D eigenvalue weighted by molar-refractivity contribution is -0.119. The minimum atomic E-state index is -0.189. The molecule has 7 heteroatoms. The van der Waals surface area contributed by atoms with Crippen molar-refractivity contribution in [3.05, 3.63) is 46.9 Å². The third kappa shape index (κ3) is 4.70. The van der Waals surface area contributed by atoms with Gasteiger partial charge in [0.2, 0.25) is 5.91 Å². The van der Waals surface area contributed by atoms with Crippen molar-refractivity contribution in [1.82, 2.24) is 15.3 Å². The maximum Gasteiger partial charge on any atom is 0.230 e. The van der Waals surface area contributed by atoms with Crippen LogP contribution in [0.4, 0.5) is 0 Å². The molecule has 1 saturated carbocycles. The number of benzene rings is 1. The number of thioether (sulfide) groups is 1. The Morgan fingerprint density at radius 1 is 1.29 bits per heavy atom. The van der Waals surface area contributed by atoms with Crippen LogP contribution in [0.5, 0.6) is 5.75 Å². The van der Waals surface area contributed by atoms with Crippen LogP contribution in [-0.2, 0) is 4.79 Å². The number of Topliss-reactive ketones (excluding diaryl/α,β-unsaturated/α-hetero) is 1. The van der Waals surface area contributed by atoms with Gasteiger partial charge in [-0.25, -0.2) is 9.97 Å². The van der Waals surface area contributed by atoms with Crippen LogP contribution >= 0.6 is 11.8 Å². The van der Waals surface area contributed by atoms with E-state index in [-0.39, 0.29) is 23.5 Å². The van der Waals surface area contributed by atoms with Gasteiger partial charge in [-0.1, -0.05) is 30.0 Å². The Bertz CT molecular complexity index is 896. The van der Waals surface area contributed by atoms with Gasteiger partial charge in [0.15, 0.2) is 5.78 Å². The van der Waals surface area contributed by atoms with E-state index in [0.29, 0.717) is 22.2 Å². The number of para-hydroxylation sites is 1. The maximum absolute atomic E-state index is 12.5. The lowest BCUT2D eigenvalue weighted by Gasteiger charge is -2.17. The fourth-order valence-electron chi connectivity index (χ4n) is 3.12. The number of nitrogens with zero attached hydrogens (tertiary/aromatic N) is 2. The predicted molar refractivity (Wildman–Crippen MR) is 109 cm³/mol. The summed E-state index contributed by atoms with van der Waals surface area (Å²) >= 11 is 1.29. The number of hydrogen-bond acceptors (Lipinski definition) is 6. The van der Waals surface area contributed by atoms with E-state index in [9.17, 15) is 9.59 Å². The first-order valence-electron chi connectivity index (χ1n) is 9.35. The van der Waals surface area contributed by atoms with Gasteiger partial charge in [0.1, 0.15) is 16.6 Å². The molecule has 1 atom stereocenters. The van der Waals surface area contributed by atoms with E-state index in [1.54, 1.807) is 7.11 Å². The Balaban J connectivity index is 1.69. The Hall–Kier alpha value is -2.41. The molecule has 0 unspecified atom stereocenters. The van der Waals surface area contributed by atoms with Crippen LogP contribution in [0.15, 0.2) is 29.3 Å². The van der Waals surface area contributed by atoms with E-state index in [0.717, 1.165) is 30.0 Å². The van der Waals surface area contributed by atoms with Crippen molar-refractivity contribution >= 4 is 23.5 Å². The predicted octanol–water partition coefficient (Wildman–Crippen LogP) is 3.84. The molecular weight excluding hydrogens is 374 g/mol. The Morgan fingerprint density at radius 2 is 2.00 bits per heavy atom. The molecule has 3 rings (SSSR count). The molecule has 1 aromatic carbocycles. The van der Waals surface area contributed by atoms with Crippen LogP contribution in [0.1, 0.15) is 66.1 Å². The van der Waals surface area contributed by atoms with Crippen molar-refractivity contribution in [3.8, 4) is 5.75 Å². The van der Waals surface area contributed by atoms with Gasteiger partial charge < -0.3 is 10.1 Å². The smallest absolute Gasteiger partial charge is 0.230 e. The number of aromatic nitrogens is 2. The van der Waals surface area contributed by atoms with Crippen molar-refractivity contribution in [3.63, 3.8) is 0 Å². The molecule has 0 bridgehead atoms. The Kier molecular flexibility index (Phi) is 6.34. The summed E-state index contributed by atoms with van der Waals surface area (Å²) in [5.74, 6) is 1.89. The summed E-state index contributed by atoms with van der Waals surface area (Å²) in [5, 5.41) is 3.59. The fourth-order valence-corrected chi connectivity index (χ4v) is 4.07. The highest BCUT2D eigenvalue weighted by Crippen LogP contribution is 2.39. The van der Waals surface area contributed by atoms with Crippen molar-refractivity contribution in [2.24, 2.45) is 0 Å². The summed E-state index contributed by atoms with van der Waals surface area (Å²) in [6.07, 6.45) is 2.17. The second-order valence-electron chi connectivity index (χ2n) is 7.00. The molecule has 0 spiro atoms. The van der Waals surface area contributed by atoms with E-state index in [1.165, 1.54) is 18.7 Å². The van der Waals surface area contributed by atoms with Crippen LogP contribution in [0, 0.1) is 6.92 Å². The van der Waals surface area contributed by atoms with Gasteiger partial charge in [-0.15, -0.1) is 0 Å². The molecule has 0 aliphatic heterocycles. The summed E-state index contributed by atoms with van der Waals surface area (Å²) in [4.78, 5) is 33.6. The third-order valence-electron chi connectivity index (χ3n) is 4.69. The number of ether oxygens (including phenoxy) is 1. The largest absolute Gasteiger partial charge is 0.496 e. The normalized spacial score (nSPS) is 14.4. The van der Waals surface area contributed by atoms with Crippen molar-refractivity contribution in [2.45, 2.75) is 50.6 Å². The van der Waals surface area contributed by atoms with Gasteiger partial charge in [0, 0.05) is 11.5 Å². The van der Waals surface area contributed by atoms with Crippen LogP contribution in [0.3, 0.4) is 0 Å². The summed E-state index contributed by atoms with van der Waals surface area (Å²) in [7, 11) is 1.61. The highest BCUT2D eigenvalue weighted by Gasteiger charge is 2.29. The summed E-state index contributed by atoms with van der Waals surface area (Å²) < 4.78 is 5.36. The summed E-state index contributed by atoms with van der Waals surface area (Å²) in [6.45, 7) is 5.26. The molecule has 6 nitrogen and oxygen atoms in total. The number of rotatable bonds is 8. The van der Waals surface area contributed by atoms with Crippen LogP contribution in [0.2, 0.25) is 0 Å².